The molecule has 6 rings (SSSR count). The highest BCUT2D eigenvalue weighted by Gasteiger charge is 2.49. The molecule has 12 heteroatoms. The molecule has 0 aromatic rings. The molecule has 6 unspecified atom stereocenters. The molecule has 2 aliphatic carbocycles. The number of rotatable bonds is 4. The first kappa shape index (κ1) is 29.3. The molecule has 4 aliphatic heterocycles. The van der Waals surface area contributed by atoms with Gasteiger partial charge >= 0.3 is 6.09 Å². The number of ether oxygens (including phenoxy) is 3. The van der Waals surface area contributed by atoms with E-state index in [1.807, 2.05) is 20.8 Å². The van der Waals surface area contributed by atoms with Gasteiger partial charge in [0.25, 0.3) is 5.91 Å². The van der Waals surface area contributed by atoms with Crippen molar-refractivity contribution >= 4 is 22.0 Å². The van der Waals surface area contributed by atoms with Crippen LogP contribution in [-0.2, 0) is 29.0 Å². The molecule has 4 fully saturated rings. The van der Waals surface area contributed by atoms with Gasteiger partial charge in [-0.25, -0.2) is 13.2 Å². The largest absolute Gasteiger partial charge is 0.444 e. The molecule has 11 nitrogen and oxygen atoms in total. The second-order valence-electron chi connectivity index (χ2n) is 13.8. The highest BCUT2D eigenvalue weighted by molar-refractivity contribution is 7.89. The van der Waals surface area contributed by atoms with Gasteiger partial charge in [0.1, 0.15) is 11.7 Å². The SMILES string of the molecule is CC(C)(C)OC(=O)N1CC2CCCC([C@H](O)C(=O)N3CC4=C(C3)CN(S(=O)(=O)C3CCC5OCCOC5C3)C4)C2C1. The quantitative estimate of drug-likeness (QED) is 0.488. The molecule has 1 N–H and O–H groups in total. The molecule has 0 spiro atoms. The summed E-state index contributed by atoms with van der Waals surface area (Å²) in [5.74, 6) is -0.179. The molecule has 2 saturated heterocycles. The molecule has 0 aromatic heterocycles. The molecular formula is C29H45N3O8S. The Kier molecular flexibility index (Phi) is 7.93. The number of fused-ring (bicyclic) bond motifs is 2. The van der Waals surface area contributed by atoms with Crippen LogP contribution < -0.4 is 0 Å². The van der Waals surface area contributed by atoms with Crippen molar-refractivity contribution in [3.8, 4) is 0 Å². The predicted molar refractivity (Wildman–Crippen MR) is 149 cm³/mol. The topological polar surface area (TPSA) is 126 Å². The minimum Gasteiger partial charge on any atom is -0.444 e. The maximum absolute atomic E-state index is 13.5. The summed E-state index contributed by atoms with van der Waals surface area (Å²) in [5.41, 5.74) is 1.37. The number of likely N-dealkylation sites (tertiary alicyclic amines) is 1. The summed E-state index contributed by atoms with van der Waals surface area (Å²) >= 11 is 0. The van der Waals surface area contributed by atoms with Crippen molar-refractivity contribution in [1.82, 2.24) is 14.1 Å². The van der Waals surface area contributed by atoms with Crippen LogP contribution in [0, 0.1) is 17.8 Å². The number of carbonyl (C=O) groups excluding carboxylic acids is 2. The third-order valence-electron chi connectivity index (χ3n) is 9.99. The highest BCUT2D eigenvalue weighted by atomic mass is 32.2. The summed E-state index contributed by atoms with van der Waals surface area (Å²) in [5, 5.41) is 10.8. The van der Waals surface area contributed by atoms with Crippen LogP contribution in [0.3, 0.4) is 0 Å². The van der Waals surface area contributed by atoms with E-state index in [0.29, 0.717) is 71.7 Å². The van der Waals surface area contributed by atoms with E-state index in [1.54, 1.807) is 14.1 Å². The van der Waals surface area contributed by atoms with E-state index in [4.69, 9.17) is 14.2 Å². The van der Waals surface area contributed by atoms with Gasteiger partial charge in [0, 0.05) is 39.3 Å². The molecule has 0 radical (unpaired) electrons. The average Bonchev–Trinajstić information content (AvgIpc) is 3.64. The van der Waals surface area contributed by atoms with Crippen LogP contribution in [0.25, 0.3) is 0 Å². The van der Waals surface area contributed by atoms with Gasteiger partial charge in [-0.05, 0) is 81.8 Å². The second kappa shape index (κ2) is 11.1. The molecule has 2 amide bonds. The third kappa shape index (κ3) is 5.79. The van der Waals surface area contributed by atoms with Crippen LogP contribution in [0.15, 0.2) is 11.1 Å². The fourth-order valence-corrected chi connectivity index (χ4v) is 9.91. The molecule has 7 atom stereocenters. The zero-order valence-electron chi connectivity index (χ0n) is 24.5. The lowest BCUT2D eigenvalue weighted by Crippen LogP contribution is -2.50. The average molecular weight is 596 g/mol. The summed E-state index contributed by atoms with van der Waals surface area (Å²) in [7, 11) is -3.50. The van der Waals surface area contributed by atoms with Gasteiger partial charge in [-0.1, -0.05) is 6.42 Å². The van der Waals surface area contributed by atoms with Crippen molar-refractivity contribution in [2.24, 2.45) is 17.8 Å². The first-order valence-corrected chi connectivity index (χ1v) is 16.8. The molecule has 2 saturated carbocycles. The number of aliphatic hydroxyl groups excluding tert-OH is 1. The summed E-state index contributed by atoms with van der Waals surface area (Å²) in [6, 6.07) is 0. The molecule has 4 heterocycles. The van der Waals surface area contributed by atoms with Crippen molar-refractivity contribution in [3.05, 3.63) is 11.1 Å². The van der Waals surface area contributed by atoms with Crippen LogP contribution in [0.5, 0.6) is 0 Å². The molecule has 0 bridgehead atoms. The number of hydrogen-bond donors (Lipinski definition) is 1. The fourth-order valence-electron chi connectivity index (χ4n) is 7.95. The second-order valence-corrected chi connectivity index (χ2v) is 16.0. The summed E-state index contributed by atoms with van der Waals surface area (Å²) < 4.78 is 45.8. The lowest BCUT2D eigenvalue weighted by molar-refractivity contribution is -0.153. The van der Waals surface area contributed by atoms with Crippen LogP contribution in [0.4, 0.5) is 4.79 Å². The van der Waals surface area contributed by atoms with E-state index >= 15 is 0 Å². The van der Waals surface area contributed by atoms with Crippen LogP contribution in [-0.4, -0.2) is 121 Å². The van der Waals surface area contributed by atoms with Crippen molar-refractivity contribution in [2.75, 3.05) is 52.5 Å². The fraction of sp³-hybridized carbons (Fsp3) is 0.862. The molecule has 230 valence electrons. The maximum atomic E-state index is 13.5. The number of carbonyl (C=O) groups is 2. The summed E-state index contributed by atoms with van der Waals surface area (Å²) in [6.07, 6.45) is 2.73. The van der Waals surface area contributed by atoms with E-state index in [1.165, 1.54) is 0 Å². The van der Waals surface area contributed by atoms with Crippen LogP contribution in [0.1, 0.15) is 59.3 Å². The normalized spacial score (nSPS) is 35.2. The Morgan fingerprint density at radius 3 is 2.29 bits per heavy atom. The van der Waals surface area contributed by atoms with Gasteiger partial charge in [0.05, 0.1) is 30.7 Å². The highest BCUT2D eigenvalue weighted by Crippen LogP contribution is 2.43. The monoisotopic (exact) mass is 595 g/mol. The number of amides is 2. The van der Waals surface area contributed by atoms with E-state index in [2.05, 4.69) is 0 Å². The van der Waals surface area contributed by atoms with Gasteiger partial charge < -0.3 is 29.1 Å². The van der Waals surface area contributed by atoms with Crippen molar-refractivity contribution in [3.63, 3.8) is 0 Å². The standard InChI is InChI=1S/C29H45N3O8S/c1-29(2,3)40-28(35)31-12-18-5-4-6-22(23(18)17-31)26(33)27(34)30-13-19-15-32(16-20(19)14-30)41(36,37)21-7-8-24-25(11-21)39-10-9-38-24/h18,21-26,33H,4-17H2,1-3H3/t18?,21?,22?,23?,24?,25?,26-/m0/s1. The van der Waals surface area contributed by atoms with Crippen molar-refractivity contribution < 1.29 is 37.3 Å². The van der Waals surface area contributed by atoms with Gasteiger partial charge in [0.2, 0.25) is 10.0 Å². The third-order valence-corrected chi connectivity index (χ3v) is 12.2. The first-order chi connectivity index (χ1) is 19.4. The van der Waals surface area contributed by atoms with E-state index in [9.17, 15) is 23.1 Å². The zero-order chi connectivity index (χ0) is 29.1. The molecule has 0 aromatic carbocycles. The summed E-state index contributed by atoms with van der Waals surface area (Å²) in [6.45, 7) is 9.03. The van der Waals surface area contributed by atoms with Gasteiger partial charge in [-0.3, -0.25) is 4.79 Å². The Bertz CT molecular complexity index is 1160. The van der Waals surface area contributed by atoms with E-state index in [-0.39, 0.29) is 42.0 Å². The maximum Gasteiger partial charge on any atom is 0.410 e. The summed E-state index contributed by atoms with van der Waals surface area (Å²) in [4.78, 5) is 29.6. The van der Waals surface area contributed by atoms with E-state index in [0.717, 1.165) is 30.4 Å². The van der Waals surface area contributed by atoms with Gasteiger partial charge in [0.15, 0.2) is 0 Å². The predicted octanol–water partition coefficient (Wildman–Crippen LogP) is 1.75. The van der Waals surface area contributed by atoms with Crippen molar-refractivity contribution in [2.45, 2.75) is 88.5 Å². The minimum atomic E-state index is -3.50. The number of sulfonamides is 1. The molecular weight excluding hydrogens is 550 g/mol. The van der Waals surface area contributed by atoms with Crippen LogP contribution >= 0.6 is 0 Å². The number of nitrogens with zero attached hydrogens (tertiary/aromatic N) is 3. The smallest absolute Gasteiger partial charge is 0.410 e. The minimum absolute atomic E-state index is 0.00744. The van der Waals surface area contributed by atoms with Gasteiger partial charge in [-0.2, -0.15) is 4.31 Å². The Morgan fingerprint density at radius 2 is 1.61 bits per heavy atom. The molecule has 6 aliphatic rings. The Labute approximate surface area is 243 Å². The van der Waals surface area contributed by atoms with E-state index < -0.39 is 27.0 Å². The number of aliphatic hydroxyl groups is 1. The Morgan fingerprint density at radius 1 is 0.927 bits per heavy atom. The Hall–Kier alpha value is -1.73. The first-order valence-electron chi connectivity index (χ1n) is 15.3. The van der Waals surface area contributed by atoms with Crippen LogP contribution in [0.2, 0.25) is 0 Å². The lowest BCUT2D eigenvalue weighted by atomic mass is 9.71. The molecule has 41 heavy (non-hydrogen) atoms. The lowest BCUT2D eigenvalue weighted by Gasteiger charge is -2.39. The number of hydrogen-bond acceptors (Lipinski definition) is 8. The Balaban J connectivity index is 1.03. The van der Waals surface area contributed by atoms with Gasteiger partial charge in [-0.15, -0.1) is 0 Å². The van der Waals surface area contributed by atoms with Crippen molar-refractivity contribution in [1.29, 1.82) is 0 Å². The zero-order valence-corrected chi connectivity index (χ0v) is 25.3.